The molecule has 0 saturated heterocycles. The van der Waals surface area contributed by atoms with Crippen molar-refractivity contribution in [1.82, 2.24) is 0 Å². The molecule has 0 N–H and O–H groups in total. The van der Waals surface area contributed by atoms with Gasteiger partial charge < -0.3 is 0 Å². The summed E-state index contributed by atoms with van der Waals surface area (Å²) in [5.74, 6) is 0. The van der Waals surface area contributed by atoms with Crippen molar-refractivity contribution < 1.29 is 0 Å². The summed E-state index contributed by atoms with van der Waals surface area (Å²) in [5, 5.41) is 2.97. The lowest BCUT2D eigenvalue weighted by Gasteiger charge is -2.42. The number of hydrogen-bond donors (Lipinski definition) is 0. The Labute approximate surface area is 341 Å². The van der Waals surface area contributed by atoms with E-state index in [1.165, 1.54) is 145 Å². The molecule has 0 amide bonds. The van der Waals surface area contributed by atoms with E-state index in [0.29, 0.717) is 0 Å². The third-order valence-electron chi connectivity index (χ3n) is 13.9. The standard InChI is InChI=1S/C56H72/c1-11-13-15-17-19-21-33-55(34-22-20-18-16-14-12-2)47-36-39(3)35-41-23-32-46-52(50(41)47)51-48(55)37-40(4)38-49(51)56(46,44-28-24-42(25-29-44)53(5,6)7)45-30-26-43(27-31-45)54(8,9)10/h23-32,35-38H,11-22,33-34H2,1-10H3. The molecule has 296 valence electrons. The van der Waals surface area contributed by atoms with Crippen molar-refractivity contribution in [2.45, 2.75) is 181 Å². The van der Waals surface area contributed by atoms with Crippen molar-refractivity contribution in [2.24, 2.45) is 0 Å². The van der Waals surface area contributed by atoms with Crippen LogP contribution in [0.5, 0.6) is 0 Å². The monoisotopic (exact) mass is 745 g/mol. The van der Waals surface area contributed by atoms with Gasteiger partial charge in [0, 0.05) is 5.41 Å². The highest BCUT2D eigenvalue weighted by Crippen LogP contribution is 2.65. The number of unbranched alkanes of at least 4 members (excludes halogenated alkanes) is 10. The molecule has 0 saturated carbocycles. The summed E-state index contributed by atoms with van der Waals surface area (Å²) in [6.07, 6.45) is 18.5. The minimum absolute atomic E-state index is 0.00374. The minimum Gasteiger partial charge on any atom is -0.0654 e. The van der Waals surface area contributed by atoms with Crippen LogP contribution in [0.1, 0.15) is 201 Å². The average Bonchev–Trinajstić information content (AvgIpc) is 3.46. The van der Waals surface area contributed by atoms with E-state index in [-0.39, 0.29) is 16.2 Å². The summed E-state index contributed by atoms with van der Waals surface area (Å²) in [6.45, 7) is 23.4. The van der Waals surface area contributed by atoms with Gasteiger partial charge in [0.1, 0.15) is 0 Å². The topological polar surface area (TPSA) is 0 Å². The Morgan fingerprint density at radius 3 is 1.38 bits per heavy atom. The summed E-state index contributed by atoms with van der Waals surface area (Å²) in [4.78, 5) is 0. The summed E-state index contributed by atoms with van der Waals surface area (Å²) < 4.78 is 0. The van der Waals surface area contributed by atoms with E-state index in [0.717, 1.165) is 0 Å². The highest BCUT2D eigenvalue weighted by Gasteiger charge is 2.52. The van der Waals surface area contributed by atoms with E-state index < -0.39 is 5.41 Å². The first kappa shape index (κ1) is 40.6. The van der Waals surface area contributed by atoms with Gasteiger partial charge in [-0.1, -0.05) is 228 Å². The van der Waals surface area contributed by atoms with E-state index >= 15 is 0 Å². The Bertz CT molecular complexity index is 2070. The maximum atomic E-state index is 2.66. The second-order valence-electron chi connectivity index (χ2n) is 20.2. The largest absolute Gasteiger partial charge is 0.0714 e. The van der Waals surface area contributed by atoms with Crippen molar-refractivity contribution in [2.75, 3.05) is 0 Å². The molecular weight excluding hydrogens is 673 g/mol. The van der Waals surface area contributed by atoms with Crippen LogP contribution < -0.4 is 0 Å². The molecule has 7 rings (SSSR count). The van der Waals surface area contributed by atoms with E-state index in [4.69, 9.17) is 0 Å². The molecule has 2 aliphatic carbocycles. The lowest BCUT2D eigenvalue weighted by molar-refractivity contribution is 0.392. The third-order valence-corrected chi connectivity index (χ3v) is 13.9. The van der Waals surface area contributed by atoms with Crippen molar-refractivity contribution in [3.63, 3.8) is 0 Å². The molecule has 0 atom stereocenters. The van der Waals surface area contributed by atoms with Gasteiger partial charge >= 0.3 is 0 Å². The van der Waals surface area contributed by atoms with Crippen LogP contribution in [0.2, 0.25) is 0 Å². The maximum absolute atomic E-state index is 2.66. The van der Waals surface area contributed by atoms with E-state index in [2.05, 4.69) is 154 Å². The fourth-order valence-electron chi connectivity index (χ4n) is 10.9. The number of benzene rings is 5. The molecule has 0 aliphatic heterocycles. The van der Waals surface area contributed by atoms with E-state index in [9.17, 15) is 0 Å². The van der Waals surface area contributed by atoms with Crippen LogP contribution in [0.3, 0.4) is 0 Å². The number of aryl methyl sites for hydroxylation is 2. The summed E-state index contributed by atoms with van der Waals surface area (Å²) in [5.41, 5.74) is 17.4. The Morgan fingerprint density at radius 2 is 0.875 bits per heavy atom. The van der Waals surface area contributed by atoms with Gasteiger partial charge in [0.2, 0.25) is 0 Å². The molecule has 0 unspecified atom stereocenters. The van der Waals surface area contributed by atoms with Crippen LogP contribution >= 0.6 is 0 Å². The van der Waals surface area contributed by atoms with Gasteiger partial charge in [0.05, 0.1) is 5.41 Å². The molecule has 0 radical (unpaired) electrons. The summed E-state index contributed by atoms with van der Waals surface area (Å²) in [7, 11) is 0. The highest BCUT2D eigenvalue weighted by atomic mass is 14.5. The maximum Gasteiger partial charge on any atom is 0.0714 e. The average molecular weight is 745 g/mol. The molecule has 5 aromatic rings. The van der Waals surface area contributed by atoms with Gasteiger partial charge in [0.25, 0.3) is 0 Å². The number of hydrogen-bond acceptors (Lipinski definition) is 0. The predicted molar refractivity (Wildman–Crippen MR) is 245 cm³/mol. The first-order chi connectivity index (χ1) is 26.8. The van der Waals surface area contributed by atoms with Gasteiger partial charge in [-0.25, -0.2) is 0 Å². The Hall–Kier alpha value is -3.64. The number of rotatable bonds is 16. The summed E-state index contributed by atoms with van der Waals surface area (Å²) in [6, 6.07) is 35.0. The van der Waals surface area contributed by atoms with Crippen LogP contribution in [-0.4, -0.2) is 0 Å². The second kappa shape index (κ2) is 16.0. The molecule has 0 heterocycles. The van der Waals surface area contributed by atoms with Crippen molar-refractivity contribution in [3.8, 4) is 11.1 Å². The zero-order valence-corrected chi connectivity index (χ0v) is 37.0. The van der Waals surface area contributed by atoms with Gasteiger partial charge in [-0.2, -0.15) is 0 Å². The first-order valence-corrected chi connectivity index (χ1v) is 22.7. The SMILES string of the molecule is CCCCCCCCC1(CCCCCCCC)c2cc(C)cc3c2-c2c(ccc4cc(C)cc1c24)C3(c1ccc(C(C)(C)C)cc1)c1ccc(C(C)(C)C)cc1. The van der Waals surface area contributed by atoms with Crippen LogP contribution in [0.15, 0.2) is 84.9 Å². The lowest BCUT2D eigenvalue weighted by Crippen LogP contribution is -2.32. The Kier molecular flexibility index (Phi) is 11.6. The van der Waals surface area contributed by atoms with Crippen molar-refractivity contribution in [3.05, 3.63) is 141 Å². The van der Waals surface area contributed by atoms with Crippen LogP contribution in [-0.2, 0) is 21.7 Å². The minimum atomic E-state index is -0.412. The van der Waals surface area contributed by atoms with Crippen molar-refractivity contribution in [1.29, 1.82) is 0 Å². The molecule has 0 spiro atoms. The second-order valence-corrected chi connectivity index (χ2v) is 20.2. The zero-order chi connectivity index (χ0) is 39.9. The third kappa shape index (κ3) is 7.11. The molecule has 0 nitrogen and oxygen atoms in total. The molecular formula is C56H72. The quantitative estimate of drug-likeness (QED) is 0.0866. The van der Waals surface area contributed by atoms with Gasteiger partial charge in [-0.15, -0.1) is 0 Å². The first-order valence-electron chi connectivity index (χ1n) is 22.7. The normalized spacial score (nSPS) is 15.2. The summed E-state index contributed by atoms with van der Waals surface area (Å²) >= 11 is 0. The van der Waals surface area contributed by atoms with Gasteiger partial charge in [-0.05, 0) is 104 Å². The van der Waals surface area contributed by atoms with Crippen LogP contribution in [0.4, 0.5) is 0 Å². The van der Waals surface area contributed by atoms with Crippen LogP contribution in [0.25, 0.3) is 21.9 Å². The zero-order valence-electron chi connectivity index (χ0n) is 37.0. The molecule has 0 aromatic heterocycles. The Morgan fingerprint density at radius 1 is 0.429 bits per heavy atom. The molecule has 0 fully saturated rings. The fourth-order valence-corrected chi connectivity index (χ4v) is 10.9. The molecule has 56 heavy (non-hydrogen) atoms. The van der Waals surface area contributed by atoms with E-state index in [1.807, 2.05) is 0 Å². The molecule has 0 heteroatoms. The predicted octanol–water partition coefficient (Wildman–Crippen LogP) is 16.5. The Balaban J connectivity index is 1.53. The lowest BCUT2D eigenvalue weighted by atomic mass is 9.61. The molecule has 2 aliphatic rings. The van der Waals surface area contributed by atoms with Crippen LogP contribution in [0, 0.1) is 13.8 Å². The van der Waals surface area contributed by atoms with E-state index in [1.54, 1.807) is 22.1 Å². The molecule has 5 aromatic carbocycles. The van der Waals surface area contributed by atoms with Crippen molar-refractivity contribution >= 4 is 10.8 Å². The van der Waals surface area contributed by atoms with Gasteiger partial charge in [-0.3, -0.25) is 0 Å². The van der Waals surface area contributed by atoms with Gasteiger partial charge in [0.15, 0.2) is 0 Å². The fraction of sp³-hybridized carbons (Fsp3) is 0.500. The smallest absolute Gasteiger partial charge is 0.0654 e. The highest BCUT2D eigenvalue weighted by molar-refractivity contribution is 6.09. The molecule has 0 bridgehead atoms.